The summed E-state index contributed by atoms with van der Waals surface area (Å²) in [7, 11) is 3.84. The SMILES string of the molecule is COC(=O)[C@H]1O[C@@H](OC[C@H]2O[C@H](O[C@H]3[C@H](OCc4ccccc4)[C@H](N=[N+]=[N-])[C@H](OC[C@H]4O[C@H](OC)[C@H](OCc5ccccc5)[C@@H](OCc5ccccc5)[C@@H]4OCc4ccccc4)O[C@@H]3C(=O)OC)[C@H](OCc3ccccc3)[C@@H](OCc3ccccc3)[C@@H]2OCc2ccccc2)[C@@H](N=[N+]=[N-])[C@@H](OCc2ccccc2)[C@@H]1O[C@H]1O[C@H](CO)[C@@H](OCc2ccccc2)[C@H](OCc2ccccc2)[C@H]1OCc1ccccc1. The van der Waals surface area contributed by atoms with E-state index in [1.54, 1.807) is 0 Å². The second-order valence-corrected chi connectivity index (χ2v) is 34.6. The maximum Gasteiger partial charge on any atom is 0.337 e. The molecule has 32 heteroatoms. The number of hydrogen-bond acceptors (Lipinski definition) is 28. The summed E-state index contributed by atoms with van der Waals surface area (Å²) in [6, 6.07) is 101. The van der Waals surface area contributed by atoms with Gasteiger partial charge in [0.05, 0.1) is 107 Å². The molecule has 25 atom stereocenters. The normalized spacial score (nSPS) is 27.6. The van der Waals surface area contributed by atoms with Crippen LogP contribution in [-0.4, -0.2) is 212 Å². The molecule has 5 saturated heterocycles. The summed E-state index contributed by atoms with van der Waals surface area (Å²) in [4.78, 5) is 37.6. The third-order valence-corrected chi connectivity index (χ3v) is 25.0. The fraction of sp³-hybridized carbons (Fsp3) is 0.382. The topological polar surface area (TPSA) is 364 Å². The van der Waals surface area contributed by atoms with Crippen LogP contribution in [0.25, 0.3) is 20.9 Å². The minimum atomic E-state index is -1.86. The number of aliphatic hydroxyl groups is 1. The van der Waals surface area contributed by atoms with Crippen molar-refractivity contribution in [3.8, 4) is 0 Å². The number of carbonyl (C=O) groups is 2. The molecule has 0 bridgehead atoms. The number of carbonyl (C=O) groups excluding carboxylic acids is 2. The molecule has 0 unspecified atom stereocenters. The molecule has 0 aromatic heterocycles. The van der Waals surface area contributed by atoms with E-state index in [0.29, 0.717) is 16.7 Å². The molecule has 32 nitrogen and oxygen atoms in total. The van der Waals surface area contributed by atoms with Gasteiger partial charge < -0.3 is 114 Å². The first-order chi connectivity index (χ1) is 70.0. The molecular formula is C110H118N6O26. The van der Waals surface area contributed by atoms with Crippen LogP contribution >= 0.6 is 0 Å². The van der Waals surface area contributed by atoms with Gasteiger partial charge in [-0.3, -0.25) is 0 Å². The van der Waals surface area contributed by atoms with Crippen LogP contribution in [0.15, 0.2) is 344 Å². The zero-order valence-corrected chi connectivity index (χ0v) is 78.9. The Kier molecular flexibility index (Phi) is 39.2. The lowest BCUT2D eigenvalue weighted by Gasteiger charge is -2.50. The molecule has 0 amide bonds. The zero-order chi connectivity index (χ0) is 97.8. The number of methoxy groups -OCH3 is 3. The smallest absolute Gasteiger partial charge is 0.337 e. The first-order valence-electron chi connectivity index (χ1n) is 47.4. The Morgan fingerprint density at radius 1 is 0.254 bits per heavy atom. The van der Waals surface area contributed by atoms with Gasteiger partial charge in [0.15, 0.2) is 43.7 Å². The van der Waals surface area contributed by atoms with Crippen LogP contribution in [0.2, 0.25) is 0 Å². The van der Waals surface area contributed by atoms with Crippen LogP contribution < -0.4 is 0 Å². The molecule has 16 rings (SSSR count). The third-order valence-electron chi connectivity index (χ3n) is 25.0. The molecule has 5 aliphatic heterocycles. The molecule has 0 radical (unpaired) electrons. The van der Waals surface area contributed by atoms with Gasteiger partial charge in [-0.2, -0.15) is 0 Å². The summed E-state index contributed by atoms with van der Waals surface area (Å²) in [6.45, 7) is -1.86. The molecule has 142 heavy (non-hydrogen) atoms. The summed E-state index contributed by atoms with van der Waals surface area (Å²) in [5.74, 6) is -1.99. The summed E-state index contributed by atoms with van der Waals surface area (Å²) < 4.78 is 159. The molecule has 0 aliphatic carbocycles. The second-order valence-electron chi connectivity index (χ2n) is 34.6. The Morgan fingerprint density at radius 2 is 0.458 bits per heavy atom. The Labute approximate surface area is 824 Å². The lowest BCUT2D eigenvalue weighted by atomic mass is 9.94. The van der Waals surface area contributed by atoms with E-state index < -0.39 is 185 Å². The number of hydrogen-bond donors (Lipinski definition) is 1. The fourth-order valence-corrected chi connectivity index (χ4v) is 17.9. The van der Waals surface area contributed by atoms with Crippen molar-refractivity contribution in [3.05, 3.63) is 416 Å². The van der Waals surface area contributed by atoms with E-state index in [-0.39, 0.29) is 72.7 Å². The monoisotopic (exact) mass is 1940 g/mol. The van der Waals surface area contributed by atoms with Crippen LogP contribution in [-0.2, 0) is 191 Å². The van der Waals surface area contributed by atoms with Crippen LogP contribution in [0.3, 0.4) is 0 Å². The Balaban J connectivity index is 0.772. The van der Waals surface area contributed by atoms with Crippen molar-refractivity contribution in [2.24, 2.45) is 10.2 Å². The van der Waals surface area contributed by atoms with Crippen molar-refractivity contribution in [2.45, 2.75) is 226 Å². The van der Waals surface area contributed by atoms with Crippen LogP contribution in [0.4, 0.5) is 0 Å². The largest absolute Gasteiger partial charge is 0.467 e. The molecular weight excluding hydrogens is 1820 g/mol. The number of nitrogens with zero attached hydrogens (tertiary/aromatic N) is 6. The predicted octanol–water partition coefficient (Wildman–Crippen LogP) is 16.2. The van der Waals surface area contributed by atoms with E-state index >= 15 is 9.59 Å². The van der Waals surface area contributed by atoms with Crippen LogP contribution in [0.5, 0.6) is 0 Å². The molecule has 1 N–H and O–H groups in total. The highest BCUT2D eigenvalue weighted by Gasteiger charge is 2.60. The van der Waals surface area contributed by atoms with Gasteiger partial charge in [-0.1, -0.05) is 344 Å². The molecule has 5 fully saturated rings. The average Bonchev–Trinajstić information content (AvgIpc) is 0.760. The van der Waals surface area contributed by atoms with Crippen molar-refractivity contribution in [2.75, 3.05) is 41.2 Å². The molecule has 744 valence electrons. The van der Waals surface area contributed by atoms with Crippen molar-refractivity contribution < 1.29 is 124 Å². The van der Waals surface area contributed by atoms with Crippen LogP contribution in [0, 0.1) is 0 Å². The molecule has 0 spiro atoms. The van der Waals surface area contributed by atoms with E-state index in [9.17, 15) is 16.2 Å². The number of benzene rings is 11. The number of esters is 2. The van der Waals surface area contributed by atoms with E-state index in [0.717, 1.165) is 44.5 Å². The highest BCUT2D eigenvalue weighted by molar-refractivity contribution is 5.76. The van der Waals surface area contributed by atoms with Gasteiger partial charge in [0.1, 0.15) is 110 Å². The minimum absolute atomic E-state index is 0.0259. The molecule has 5 heterocycles. The fourth-order valence-electron chi connectivity index (χ4n) is 17.9. The van der Waals surface area contributed by atoms with Crippen molar-refractivity contribution >= 4 is 11.9 Å². The van der Waals surface area contributed by atoms with Gasteiger partial charge in [-0.25, -0.2) is 9.59 Å². The maximum absolute atomic E-state index is 15.4. The minimum Gasteiger partial charge on any atom is -0.467 e. The Bertz CT molecular complexity index is 5630. The number of aliphatic hydroxyl groups excluding tert-OH is 1. The van der Waals surface area contributed by atoms with Crippen molar-refractivity contribution in [1.29, 1.82) is 0 Å². The van der Waals surface area contributed by atoms with Gasteiger partial charge in [-0.15, -0.1) is 0 Å². The molecule has 0 saturated carbocycles. The first-order valence-corrected chi connectivity index (χ1v) is 47.4. The quantitative estimate of drug-likeness (QED) is 0.0160. The number of azide groups is 2. The second kappa shape index (κ2) is 54.0. The molecule has 5 aliphatic rings. The summed E-state index contributed by atoms with van der Waals surface area (Å²) in [6.07, 6.45) is -32.0. The van der Waals surface area contributed by atoms with E-state index in [4.69, 9.17) is 109 Å². The van der Waals surface area contributed by atoms with Crippen LogP contribution in [0.1, 0.15) is 61.2 Å². The highest BCUT2D eigenvalue weighted by Crippen LogP contribution is 2.42. The van der Waals surface area contributed by atoms with Crippen molar-refractivity contribution in [3.63, 3.8) is 0 Å². The lowest BCUT2D eigenvalue weighted by Crippen LogP contribution is -2.67. The van der Waals surface area contributed by atoms with Crippen molar-refractivity contribution in [1.82, 2.24) is 0 Å². The average molecular weight is 1940 g/mol. The number of ether oxygens (including phenoxy) is 23. The molecule has 11 aromatic carbocycles. The van der Waals surface area contributed by atoms with Gasteiger partial charge in [0.25, 0.3) is 0 Å². The molecule has 11 aromatic rings. The van der Waals surface area contributed by atoms with E-state index in [2.05, 4.69) is 20.1 Å². The Morgan fingerprint density at radius 3 is 0.683 bits per heavy atom. The van der Waals surface area contributed by atoms with Gasteiger partial charge in [-0.05, 0) is 72.3 Å². The third kappa shape index (κ3) is 28.2. The highest BCUT2D eigenvalue weighted by atomic mass is 16.8. The predicted molar refractivity (Wildman–Crippen MR) is 514 cm³/mol. The van der Waals surface area contributed by atoms with E-state index in [1.807, 2.05) is 334 Å². The van der Waals surface area contributed by atoms with Gasteiger partial charge >= 0.3 is 11.9 Å². The van der Waals surface area contributed by atoms with E-state index in [1.165, 1.54) is 21.3 Å². The first kappa shape index (κ1) is 103. The summed E-state index contributed by atoms with van der Waals surface area (Å²) in [5, 5.41) is 20.5. The Hall–Kier alpha value is -11.9. The van der Waals surface area contributed by atoms with Gasteiger partial charge in [0, 0.05) is 16.9 Å². The van der Waals surface area contributed by atoms with Gasteiger partial charge in [0.2, 0.25) is 0 Å². The lowest BCUT2D eigenvalue weighted by molar-refractivity contribution is -0.372. The summed E-state index contributed by atoms with van der Waals surface area (Å²) in [5.41, 5.74) is 30.6. The summed E-state index contributed by atoms with van der Waals surface area (Å²) >= 11 is 0. The standard InChI is InChI=1S/C110H118N6O26/c1-120-104(118)99-97(139-109-102(132-69-82-55-33-13-34-56-82)94(128-65-78-47-25-9-26-48-78)89(84(59-117)136-109)123-60-73-37-15-4-16-38-73)92(126-63-76-43-21-7-22-44-76)87(113-115-111)107(141-99)135-72-86-91(125-62-75-41-19-6-20-42-75)96(130-67-80-51-29-11-30-52-80)103(133-70-83-57-35-14-36-58-83)110(138-86)140-98-93(127-64-77-45-23-8-24-46-77)88(114-116-112)106(142-100(98)105(119)121-2)134-71-85-90(124-61-74-39-17-5-18-40-74)95(129-66-79-49-27-10-28-50-79)101(108(122-3)137-85)131-68-81-53-31-12-32-54-81/h4-58,84-103,106-110,117H,59-72H2,1-3H3/t84-,85-,86-,87+,88+,89-,90-,91-,92-,93-,94+,95+,96+,97+,98+,99+,100+,101-,102-,103-,106-,107-,108+,109-,110-/m1/s1. The zero-order valence-electron chi connectivity index (χ0n) is 78.9. The maximum atomic E-state index is 15.4. The number of rotatable bonds is 49.